The van der Waals surface area contributed by atoms with E-state index < -0.39 is 6.09 Å². The molecule has 1 amide bonds. The average Bonchev–Trinajstić information content (AvgIpc) is 2.05. The normalized spacial score (nSPS) is 6.64. The number of benzene rings is 1. The van der Waals surface area contributed by atoms with E-state index >= 15 is 0 Å². The Kier molecular flexibility index (Phi) is 11.2. The van der Waals surface area contributed by atoms with E-state index in [1.54, 1.807) is 0 Å². The Balaban J connectivity index is 0. The van der Waals surface area contributed by atoms with Gasteiger partial charge < -0.3 is 10.8 Å². The maximum atomic E-state index is 8.78. The number of carboxylic acid groups (broad SMARTS) is 1. The number of primary amides is 1. The lowest BCUT2D eigenvalue weighted by Crippen LogP contribution is -2.03. The van der Waals surface area contributed by atoms with Gasteiger partial charge in [0.05, 0.1) is 0 Å². The fraction of sp³-hybridized carbons (Fsp3) is 0.111. The summed E-state index contributed by atoms with van der Waals surface area (Å²) in [6.07, 6.45) is -0.583. The molecule has 0 radical (unpaired) electrons. The van der Waals surface area contributed by atoms with Crippen molar-refractivity contribution in [1.29, 1.82) is 5.41 Å². The van der Waals surface area contributed by atoms with Crippen LogP contribution in [0.3, 0.4) is 0 Å². The number of nitrogens with two attached hydrogens (primary N) is 1. The summed E-state index contributed by atoms with van der Waals surface area (Å²) >= 11 is 0. The Labute approximate surface area is 81.7 Å². The van der Waals surface area contributed by atoms with Crippen LogP contribution in [0, 0.1) is 12.3 Å². The Bertz CT molecular complexity index is 275. The zero-order chi connectivity index (χ0) is 11.4. The highest BCUT2D eigenvalue weighted by Crippen LogP contribution is 1.92. The molecule has 0 spiro atoms. The van der Waals surface area contributed by atoms with Crippen molar-refractivity contribution in [3.8, 4) is 0 Å². The molecule has 14 heavy (non-hydrogen) atoms. The Morgan fingerprint density at radius 1 is 1.43 bits per heavy atom. The molecule has 0 unspecified atom stereocenters. The number of hydrogen-bond donors (Lipinski definition) is 3. The first kappa shape index (κ1) is 14.4. The predicted molar refractivity (Wildman–Crippen MR) is 51.8 cm³/mol. The summed E-state index contributed by atoms with van der Waals surface area (Å²) in [6, 6.07) is 10.3. The van der Waals surface area contributed by atoms with Crippen molar-refractivity contribution in [2.75, 3.05) is 0 Å². The van der Waals surface area contributed by atoms with Crippen molar-refractivity contribution in [3.05, 3.63) is 35.9 Å². The van der Waals surface area contributed by atoms with Gasteiger partial charge in [-0.15, -0.1) is 0 Å². The molecule has 0 aliphatic carbocycles. The van der Waals surface area contributed by atoms with Gasteiger partial charge in [0.15, 0.2) is 0 Å². The fourth-order valence-electron chi connectivity index (χ4n) is 0.534. The monoisotopic (exact) mass is 196 g/mol. The van der Waals surface area contributed by atoms with E-state index in [2.05, 4.69) is 24.8 Å². The van der Waals surface area contributed by atoms with E-state index in [1.165, 1.54) is 5.56 Å². The van der Waals surface area contributed by atoms with Gasteiger partial charge in [0, 0.05) is 0 Å². The zero-order valence-electron chi connectivity index (χ0n) is 7.73. The molecule has 0 aliphatic heterocycles. The lowest BCUT2D eigenvalue weighted by Gasteiger charge is -1.82. The zero-order valence-corrected chi connectivity index (χ0v) is 7.73. The Hall–Kier alpha value is -2.13. The molecule has 76 valence electrons. The van der Waals surface area contributed by atoms with Crippen molar-refractivity contribution < 1.29 is 14.7 Å². The third-order valence-corrected chi connectivity index (χ3v) is 0.940. The molecule has 0 aromatic heterocycles. The van der Waals surface area contributed by atoms with Crippen molar-refractivity contribution >= 4 is 12.2 Å². The molecular weight excluding hydrogens is 184 g/mol. The van der Waals surface area contributed by atoms with Gasteiger partial charge >= 0.3 is 6.09 Å². The molecule has 0 atom stereocenters. The first-order chi connectivity index (χ1) is 6.54. The number of aryl methyl sites for hydroxylation is 1. The minimum absolute atomic E-state index is 0.750. The lowest BCUT2D eigenvalue weighted by molar-refractivity contribution is 0.205. The van der Waals surface area contributed by atoms with Crippen LogP contribution in [-0.2, 0) is 4.79 Å². The molecule has 0 fully saturated rings. The highest BCUT2D eigenvalue weighted by atomic mass is 16.4. The molecule has 1 rings (SSSR count). The highest BCUT2D eigenvalue weighted by molar-refractivity contribution is 5.61. The van der Waals surface area contributed by atoms with Gasteiger partial charge in [-0.3, -0.25) is 0 Å². The van der Waals surface area contributed by atoms with Crippen LogP contribution in [0.5, 0.6) is 0 Å². The smallest absolute Gasteiger partial charge is 0.402 e. The minimum Gasteiger partial charge on any atom is -0.465 e. The molecule has 0 saturated heterocycles. The number of isocyanates is 1. The maximum absolute atomic E-state index is 8.78. The molecule has 0 saturated carbocycles. The van der Waals surface area contributed by atoms with Crippen molar-refractivity contribution in [3.63, 3.8) is 0 Å². The topological polar surface area (TPSA) is 104 Å². The highest BCUT2D eigenvalue weighted by Gasteiger charge is 1.72. The SMILES string of the molecule is Cc1ccccc1.N=C=O.NC(=O)O. The van der Waals surface area contributed by atoms with E-state index in [9.17, 15) is 0 Å². The van der Waals surface area contributed by atoms with Crippen molar-refractivity contribution in [2.45, 2.75) is 6.92 Å². The second-order valence-corrected chi connectivity index (χ2v) is 2.10. The molecule has 0 heterocycles. The molecule has 1 aromatic rings. The molecule has 5 heteroatoms. The Morgan fingerprint density at radius 3 is 1.86 bits per heavy atom. The number of nitrogens with one attached hydrogen (secondary N) is 1. The lowest BCUT2D eigenvalue weighted by atomic mass is 10.2. The van der Waals surface area contributed by atoms with Crippen LogP contribution in [0.15, 0.2) is 30.3 Å². The quantitative estimate of drug-likeness (QED) is 0.432. The largest absolute Gasteiger partial charge is 0.465 e. The van der Waals surface area contributed by atoms with E-state index in [-0.39, 0.29) is 0 Å². The summed E-state index contributed by atoms with van der Waals surface area (Å²) in [4.78, 5) is 17.1. The van der Waals surface area contributed by atoms with Gasteiger partial charge in [-0.2, -0.15) is 0 Å². The number of rotatable bonds is 0. The van der Waals surface area contributed by atoms with Gasteiger partial charge in [-0.25, -0.2) is 15.0 Å². The van der Waals surface area contributed by atoms with Crippen LogP contribution >= 0.6 is 0 Å². The third-order valence-electron chi connectivity index (χ3n) is 0.940. The average molecular weight is 196 g/mol. The third kappa shape index (κ3) is 22.5. The van der Waals surface area contributed by atoms with E-state index in [0.717, 1.165) is 6.08 Å². The number of carbonyl (C=O) groups excluding carboxylic acids is 1. The van der Waals surface area contributed by atoms with Crippen LogP contribution in [0.2, 0.25) is 0 Å². The summed E-state index contributed by atoms with van der Waals surface area (Å²) in [6.45, 7) is 2.08. The second-order valence-electron chi connectivity index (χ2n) is 2.10. The summed E-state index contributed by atoms with van der Waals surface area (Å²) in [5.74, 6) is 0. The van der Waals surface area contributed by atoms with Gasteiger partial charge in [0.2, 0.25) is 6.08 Å². The fourth-order valence-corrected chi connectivity index (χ4v) is 0.534. The molecule has 1 aromatic carbocycles. The van der Waals surface area contributed by atoms with E-state index in [0.29, 0.717) is 0 Å². The molecule has 0 aliphatic rings. The molecule has 5 nitrogen and oxygen atoms in total. The predicted octanol–water partition coefficient (Wildman–Crippen LogP) is 1.52. The van der Waals surface area contributed by atoms with Crippen LogP contribution in [0.25, 0.3) is 0 Å². The number of carbonyl (C=O) groups is 1. The minimum atomic E-state index is -1.33. The standard InChI is InChI=1S/C7H8.CH3NO2.CHNO/c1-7-5-3-2-4-6-7;2-1(3)4;2-1-3/h2-6H,1H3;2H2,(H,3,4);2H. The summed E-state index contributed by atoms with van der Waals surface area (Å²) in [5.41, 5.74) is 5.35. The van der Waals surface area contributed by atoms with Gasteiger partial charge in [-0.05, 0) is 6.92 Å². The maximum Gasteiger partial charge on any atom is 0.402 e. The number of hydrogen-bond acceptors (Lipinski definition) is 3. The second kappa shape index (κ2) is 10.9. The first-order valence-electron chi connectivity index (χ1n) is 3.58. The summed E-state index contributed by atoms with van der Waals surface area (Å²) in [7, 11) is 0. The van der Waals surface area contributed by atoms with Crippen LogP contribution in [0.1, 0.15) is 5.56 Å². The summed E-state index contributed by atoms with van der Waals surface area (Å²) in [5, 5.41) is 12.6. The van der Waals surface area contributed by atoms with Crippen molar-refractivity contribution in [2.24, 2.45) is 5.73 Å². The summed E-state index contributed by atoms with van der Waals surface area (Å²) < 4.78 is 0. The van der Waals surface area contributed by atoms with Crippen LogP contribution in [0.4, 0.5) is 4.79 Å². The first-order valence-corrected chi connectivity index (χ1v) is 3.58. The van der Waals surface area contributed by atoms with Crippen molar-refractivity contribution in [1.82, 2.24) is 0 Å². The Morgan fingerprint density at radius 2 is 1.71 bits per heavy atom. The van der Waals surface area contributed by atoms with Gasteiger partial charge in [0.25, 0.3) is 0 Å². The van der Waals surface area contributed by atoms with Gasteiger partial charge in [-0.1, -0.05) is 35.9 Å². The molecule has 0 bridgehead atoms. The number of amides is 1. The van der Waals surface area contributed by atoms with Gasteiger partial charge in [0.1, 0.15) is 0 Å². The van der Waals surface area contributed by atoms with Crippen LogP contribution < -0.4 is 5.73 Å². The van der Waals surface area contributed by atoms with Crippen LogP contribution in [-0.4, -0.2) is 17.3 Å². The van der Waals surface area contributed by atoms with E-state index in [1.807, 2.05) is 18.2 Å². The van der Waals surface area contributed by atoms with E-state index in [4.69, 9.17) is 20.1 Å². The molecular formula is C9H12N2O3. The molecule has 4 N–H and O–H groups in total.